The summed E-state index contributed by atoms with van der Waals surface area (Å²) in [4.78, 5) is 41.3. The molecule has 23 heavy (non-hydrogen) atoms. The molecule has 1 atom stereocenters. The SMILES string of the molecule is C[C@@H](C(=O)N1CCC2(CC1)C(=O)N(C)C(=O)N2C)n1cnnn1. The quantitative estimate of drug-likeness (QED) is 0.655. The van der Waals surface area contributed by atoms with E-state index in [2.05, 4.69) is 15.5 Å². The molecule has 2 aliphatic heterocycles. The second-order valence-electron chi connectivity index (χ2n) is 6.03. The Kier molecular flexibility index (Phi) is 3.53. The van der Waals surface area contributed by atoms with Gasteiger partial charge in [-0.15, -0.1) is 5.10 Å². The number of likely N-dealkylation sites (N-methyl/N-ethyl adjacent to an activating group) is 2. The number of hydrogen-bond donors (Lipinski definition) is 0. The van der Waals surface area contributed by atoms with Crippen molar-refractivity contribution >= 4 is 17.8 Å². The average molecular weight is 321 g/mol. The van der Waals surface area contributed by atoms with Crippen molar-refractivity contribution in [2.24, 2.45) is 0 Å². The summed E-state index contributed by atoms with van der Waals surface area (Å²) in [6.07, 6.45) is 2.27. The van der Waals surface area contributed by atoms with Crippen LogP contribution in [0.25, 0.3) is 0 Å². The molecule has 1 aromatic heterocycles. The van der Waals surface area contributed by atoms with Crippen molar-refractivity contribution in [2.75, 3.05) is 27.2 Å². The maximum absolute atomic E-state index is 12.5. The van der Waals surface area contributed by atoms with Gasteiger partial charge in [0, 0.05) is 27.2 Å². The van der Waals surface area contributed by atoms with Crippen molar-refractivity contribution in [1.82, 2.24) is 34.9 Å². The zero-order chi connectivity index (χ0) is 16.8. The van der Waals surface area contributed by atoms with Crippen LogP contribution in [0.1, 0.15) is 25.8 Å². The smallest absolute Gasteiger partial charge is 0.327 e. The number of likely N-dealkylation sites (tertiary alicyclic amines) is 1. The Morgan fingerprint density at radius 2 is 1.91 bits per heavy atom. The van der Waals surface area contributed by atoms with Gasteiger partial charge in [0.15, 0.2) is 0 Å². The minimum atomic E-state index is -0.819. The maximum Gasteiger partial charge on any atom is 0.327 e. The van der Waals surface area contributed by atoms with Crippen LogP contribution in [-0.4, -0.2) is 85.5 Å². The predicted octanol–water partition coefficient (Wildman–Crippen LogP) is -0.881. The van der Waals surface area contributed by atoms with Gasteiger partial charge in [-0.05, 0) is 30.2 Å². The molecule has 10 heteroatoms. The van der Waals surface area contributed by atoms with Crippen LogP contribution in [-0.2, 0) is 9.59 Å². The fraction of sp³-hybridized carbons (Fsp3) is 0.692. The largest absolute Gasteiger partial charge is 0.341 e. The summed E-state index contributed by atoms with van der Waals surface area (Å²) in [5.74, 6) is -0.287. The summed E-state index contributed by atoms with van der Waals surface area (Å²) in [6, 6.07) is -0.794. The molecule has 0 N–H and O–H groups in total. The number of aromatic nitrogens is 4. The Morgan fingerprint density at radius 1 is 1.26 bits per heavy atom. The molecule has 3 rings (SSSR count). The first kappa shape index (κ1) is 15.4. The molecule has 0 bridgehead atoms. The Bertz CT molecular complexity index is 636. The normalized spacial score (nSPS) is 22.1. The van der Waals surface area contributed by atoms with Gasteiger partial charge in [-0.3, -0.25) is 14.5 Å². The highest BCUT2D eigenvalue weighted by molar-refractivity contribution is 6.06. The summed E-state index contributed by atoms with van der Waals surface area (Å²) in [6.45, 7) is 2.57. The first-order valence-corrected chi connectivity index (χ1v) is 7.46. The number of carbonyl (C=O) groups is 3. The van der Waals surface area contributed by atoms with E-state index in [4.69, 9.17) is 0 Å². The van der Waals surface area contributed by atoms with Crippen molar-refractivity contribution in [3.63, 3.8) is 0 Å². The lowest BCUT2D eigenvalue weighted by Crippen LogP contribution is -2.56. The molecule has 2 fully saturated rings. The Morgan fingerprint density at radius 3 is 2.39 bits per heavy atom. The number of imide groups is 1. The summed E-state index contributed by atoms with van der Waals surface area (Å²) < 4.78 is 1.40. The molecule has 1 spiro atoms. The highest BCUT2D eigenvalue weighted by atomic mass is 16.2. The van der Waals surface area contributed by atoms with E-state index in [0.29, 0.717) is 25.9 Å². The lowest BCUT2D eigenvalue weighted by Gasteiger charge is -2.41. The summed E-state index contributed by atoms with van der Waals surface area (Å²) in [5.41, 5.74) is -0.819. The monoisotopic (exact) mass is 321 g/mol. The third kappa shape index (κ3) is 2.16. The number of nitrogens with zero attached hydrogens (tertiary/aromatic N) is 7. The van der Waals surface area contributed by atoms with E-state index in [1.165, 1.54) is 23.0 Å². The molecule has 0 unspecified atom stereocenters. The molecule has 4 amide bonds. The van der Waals surface area contributed by atoms with Gasteiger partial charge in [0.25, 0.3) is 5.91 Å². The molecular weight excluding hydrogens is 302 g/mol. The molecule has 0 aromatic carbocycles. The van der Waals surface area contributed by atoms with Gasteiger partial charge in [0.1, 0.15) is 17.9 Å². The van der Waals surface area contributed by atoms with E-state index in [9.17, 15) is 14.4 Å². The van der Waals surface area contributed by atoms with Crippen LogP contribution in [0, 0.1) is 0 Å². The molecule has 1 aromatic rings. The van der Waals surface area contributed by atoms with Crippen LogP contribution in [0.15, 0.2) is 6.33 Å². The topological polar surface area (TPSA) is 105 Å². The van der Waals surface area contributed by atoms with Crippen LogP contribution in [0.4, 0.5) is 4.79 Å². The van der Waals surface area contributed by atoms with Gasteiger partial charge in [-0.1, -0.05) is 0 Å². The minimum Gasteiger partial charge on any atom is -0.341 e. The van der Waals surface area contributed by atoms with Crippen molar-refractivity contribution in [1.29, 1.82) is 0 Å². The van der Waals surface area contributed by atoms with E-state index >= 15 is 0 Å². The van der Waals surface area contributed by atoms with Crippen LogP contribution in [0.5, 0.6) is 0 Å². The van der Waals surface area contributed by atoms with Crippen LogP contribution in [0.3, 0.4) is 0 Å². The van der Waals surface area contributed by atoms with Crippen molar-refractivity contribution < 1.29 is 14.4 Å². The van der Waals surface area contributed by atoms with E-state index in [1.54, 1.807) is 18.9 Å². The molecule has 124 valence electrons. The maximum atomic E-state index is 12.5. The minimum absolute atomic E-state index is 0.0973. The van der Waals surface area contributed by atoms with Gasteiger partial charge in [-0.25, -0.2) is 9.48 Å². The summed E-state index contributed by atoms with van der Waals surface area (Å²) in [5, 5.41) is 10.8. The molecule has 10 nitrogen and oxygen atoms in total. The van der Waals surface area contributed by atoms with Crippen molar-refractivity contribution in [3.05, 3.63) is 6.33 Å². The number of rotatable bonds is 2. The van der Waals surface area contributed by atoms with Crippen LogP contribution >= 0.6 is 0 Å². The predicted molar refractivity (Wildman–Crippen MR) is 77.0 cm³/mol. The fourth-order valence-electron chi connectivity index (χ4n) is 3.32. The third-order valence-corrected chi connectivity index (χ3v) is 4.94. The zero-order valence-corrected chi connectivity index (χ0v) is 13.3. The Labute approximate surface area is 133 Å². The van der Waals surface area contributed by atoms with Crippen molar-refractivity contribution in [2.45, 2.75) is 31.3 Å². The fourth-order valence-corrected chi connectivity index (χ4v) is 3.32. The lowest BCUT2D eigenvalue weighted by molar-refractivity contribution is -0.142. The number of tetrazole rings is 1. The zero-order valence-electron chi connectivity index (χ0n) is 13.3. The summed E-state index contributed by atoms with van der Waals surface area (Å²) >= 11 is 0. The van der Waals surface area contributed by atoms with Gasteiger partial charge in [0.05, 0.1) is 0 Å². The van der Waals surface area contributed by atoms with Gasteiger partial charge >= 0.3 is 6.03 Å². The lowest BCUT2D eigenvalue weighted by atomic mass is 9.86. The standard InChI is InChI=1S/C13H19N7O3/c1-9(20-8-14-15-16-20)10(21)19-6-4-13(5-7-19)11(22)17(2)12(23)18(13)3/h8-9H,4-7H2,1-3H3/t9-/m0/s1. The van der Waals surface area contributed by atoms with Crippen LogP contribution in [0.2, 0.25) is 0 Å². The van der Waals surface area contributed by atoms with Crippen molar-refractivity contribution in [3.8, 4) is 0 Å². The molecule has 2 saturated heterocycles. The third-order valence-electron chi connectivity index (χ3n) is 4.94. The second-order valence-corrected chi connectivity index (χ2v) is 6.03. The molecule has 2 aliphatic rings. The highest BCUT2D eigenvalue weighted by Gasteiger charge is 2.55. The Hall–Kier alpha value is -2.52. The first-order chi connectivity index (χ1) is 10.9. The Balaban J connectivity index is 1.70. The van der Waals surface area contributed by atoms with E-state index in [0.717, 1.165) is 4.90 Å². The molecular formula is C13H19N7O3. The highest BCUT2D eigenvalue weighted by Crippen LogP contribution is 2.35. The molecule has 0 aliphatic carbocycles. The van der Waals surface area contributed by atoms with E-state index in [-0.39, 0.29) is 17.8 Å². The molecule has 0 radical (unpaired) electrons. The molecule has 0 saturated carbocycles. The molecule has 3 heterocycles. The van der Waals surface area contributed by atoms with Gasteiger partial charge in [-0.2, -0.15) is 0 Å². The number of urea groups is 1. The van der Waals surface area contributed by atoms with Crippen LogP contribution < -0.4 is 0 Å². The second kappa shape index (κ2) is 5.28. The van der Waals surface area contributed by atoms with Gasteiger partial charge in [0.2, 0.25) is 5.91 Å². The summed E-state index contributed by atoms with van der Waals surface area (Å²) in [7, 11) is 3.14. The van der Waals surface area contributed by atoms with Gasteiger partial charge < -0.3 is 9.80 Å². The average Bonchev–Trinajstić information content (AvgIpc) is 3.16. The number of carbonyl (C=O) groups excluding carboxylic acids is 3. The van der Waals surface area contributed by atoms with E-state index < -0.39 is 11.6 Å². The van der Waals surface area contributed by atoms with E-state index in [1.807, 2.05) is 0 Å². The number of piperidine rings is 1. The first-order valence-electron chi connectivity index (χ1n) is 7.46. The number of amides is 4. The number of hydrogen-bond acceptors (Lipinski definition) is 6.